The molecule has 1 aromatic heterocycles. The molecule has 0 aliphatic heterocycles. The van der Waals surface area contributed by atoms with Crippen molar-refractivity contribution in [3.05, 3.63) is 42.2 Å². The van der Waals surface area contributed by atoms with E-state index in [2.05, 4.69) is 10.3 Å². The van der Waals surface area contributed by atoms with E-state index in [1.807, 2.05) is 18.2 Å². The van der Waals surface area contributed by atoms with E-state index in [-0.39, 0.29) is 5.91 Å². The van der Waals surface area contributed by atoms with Crippen LogP contribution in [0.1, 0.15) is 12.6 Å². The fraction of sp³-hybridized carbons (Fsp3) is 0.200. The molecular weight excluding hydrogens is 164 g/mol. The number of carbonyl (C=O) groups excluding carboxylic acids is 1. The highest BCUT2D eigenvalue weighted by molar-refractivity contribution is 5.87. The molecular formula is C10H12N2O. The second-order valence-corrected chi connectivity index (χ2v) is 2.54. The number of hydrogen-bond donors (Lipinski definition) is 1. The van der Waals surface area contributed by atoms with Crippen molar-refractivity contribution in [1.29, 1.82) is 0 Å². The van der Waals surface area contributed by atoms with E-state index < -0.39 is 0 Å². The Labute approximate surface area is 77.5 Å². The minimum Gasteiger partial charge on any atom is -0.347 e. The van der Waals surface area contributed by atoms with Gasteiger partial charge in [0.05, 0.1) is 12.2 Å². The van der Waals surface area contributed by atoms with Crippen LogP contribution < -0.4 is 5.32 Å². The lowest BCUT2D eigenvalue weighted by atomic mass is 10.3. The number of nitrogens with one attached hydrogen (secondary N) is 1. The van der Waals surface area contributed by atoms with Crippen molar-refractivity contribution in [3.63, 3.8) is 0 Å². The number of allylic oxidation sites excluding steroid dienone is 1. The van der Waals surface area contributed by atoms with Gasteiger partial charge in [0, 0.05) is 6.20 Å². The van der Waals surface area contributed by atoms with Crippen molar-refractivity contribution in [2.75, 3.05) is 0 Å². The predicted octanol–water partition coefficient (Wildman–Crippen LogP) is 1.27. The molecule has 0 aliphatic rings. The lowest BCUT2D eigenvalue weighted by molar-refractivity contribution is -0.116. The fourth-order valence-corrected chi connectivity index (χ4v) is 0.891. The zero-order valence-corrected chi connectivity index (χ0v) is 7.53. The van der Waals surface area contributed by atoms with E-state index in [1.165, 1.54) is 6.08 Å². The first-order valence-corrected chi connectivity index (χ1v) is 4.13. The van der Waals surface area contributed by atoms with Gasteiger partial charge >= 0.3 is 0 Å². The molecule has 0 spiro atoms. The monoisotopic (exact) mass is 176 g/mol. The fourth-order valence-electron chi connectivity index (χ4n) is 0.891. The van der Waals surface area contributed by atoms with Gasteiger partial charge in [-0.25, -0.2) is 0 Å². The molecule has 1 heterocycles. The molecule has 0 saturated heterocycles. The molecule has 3 heteroatoms. The summed E-state index contributed by atoms with van der Waals surface area (Å²) in [4.78, 5) is 15.1. The van der Waals surface area contributed by atoms with Crippen LogP contribution in [0, 0.1) is 0 Å². The summed E-state index contributed by atoms with van der Waals surface area (Å²) in [7, 11) is 0. The zero-order chi connectivity index (χ0) is 9.52. The van der Waals surface area contributed by atoms with Crippen LogP contribution in [-0.4, -0.2) is 10.9 Å². The summed E-state index contributed by atoms with van der Waals surface area (Å²) in [5.74, 6) is -0.0897. The number of pyridine rings is 1. The van der Waals surface area contributed by atoms with Gasteiger partial charge in [-0.05, 0) is 25.1 Å². The second-order valence-electron chi connectivity index (χ2n) is 2.54. The molecule has 0 saturated carbocycles. The van der Waals surface area contributed by atoms with Crippen molar-refractivity contribution in [3.8, 4) is 0 Å². The molecule has 0 atom stereocenters. The normalized spacial score (nSPS) is 10.2. The molecule has 1 aromatic rings. The van der Waals surface area contributed by atoms with Crippen molar-refractivity contribution in [1.82, 2.24) is 10.3 Å². The van der Waals surface area contributed by atoms with Gasteiger partial charge in [0.25, 0.3) is 0 Å². The number of amides is 1. The van der Waals surface area contributed by atoms with Gasteiger partial charge in [0.1, 0.15) is 0 Å². The molecule has 0 unspecified atom stereocenters. The molecule has 1 N–H and O–H groups in total. The Morgan fingerprint density at radius 2 is 2.46 bits per heavy atom. The lowest BCUT2D eigenvalue weighted by Crippen LogP contribution is -2.20. The average Bonchev–Trinajstić information content (AvgIpc) is 2.17. The Hall–Kier alpha value is -1.64. The first kappa shape index (κ1) is 9.45. The third-order valence-corrected chi connectivity index (χ3v) is 1.49. The Morgan fingerprint density at radius 3 is 3.08 bits per heavy atom. The van der Waals surface area contributed by atoms with E-state index in [0.717, 1.165) is 5.69 Å². The third-order valence-electron chi connectivity index (χ3n) is 1.49. The molecule has 0 aliphatic carbocycles. The van der Waals surface area contributed by atoms with Gasteiger partial charge in [-0.1, -0.05) is 12.1 Å². The van der Waals surface area contributed by atoms with E-state index in [1.54, 1.807) is 19.2 Å². The summed E-state index contributed by atoms with van der Waals surface area (Å²) in [6, 6.07) is 5.61. The first-order chi connectivity index (χ1) is 6.33. The number of carbonyl (C=O) groups is 1. The summed E-state index contributed by atoms with van der Waals surface area (Å²) in [6.07, 6.45) is 4.90. The smallest absolute Gasteiger partial charge is 0.243 e. The Bertz CT molecular complexity index is 293. The van der Waals surface area contributed by atoms with Crippen LogP contribution in [0.4, 0.5) is 0 Å². The summed E-state index contributed by atoms with van der Waals surface area (Å²) in [5, 5.41) is 2.71. The molecule has 0 bridgehead atoms. The molecule has 3 nitrogen and oxygen atoms in total. The number of nitrogens with zero attached hydrogens (tertiary/aromatic N) is 1. The maximum absolute atomic E-state index is 11.0. The van der Waals surface area contributed by atoms with E-state index in [4.69, 9.17) is 0 Å². The van der Waals surface area contributed by atoms with Gasteiger partial charge in [-0.3, -0.25) is 9.78 Å². The quantitative estimate of drug-likeness (QED) is 0.705. The van der Waals surface area contributed by atoms with Crippen LogP contribution in [0.5, 0.6) is 0 Å². The van der Waals surface area contributed by atoms with Gasteiger partial charge in [0.2, 0.25) is 5.91 Å². The molecule has 0 aromatic carbocycles. The van der Waals surface area contributed by atoms with E-state index in [9.17, 15) is 4.79 Å². The highest BCUT2D eigenvalue weighted by Crippen LogP contribution is 1.91. The lowest BCUT2D eigenvalue weighted by Gasteiger charge is -2.00. The number of aromatic nitrogens is 1. The second kappa shape index (κ2) is 5.09. The zero-order valence-electron chi connectivity index (χ0n) is 7.53. The molecule has 0 radical (unpaired) electrons. The van der Waals surface area contributed by atoms with Gasteiger partial charge < -0.3 is 5.32 Å². The topological polar surface area (TPSA) is 42.0 Å². The van der Waals surface area contributed by atoms with Crippen LogP contribution in [0.15, 0.2) is 36.5 Å². The van der Waals surface area contributed by atoms with Gasteiger partial charge in [-0.2, -0.15) is 0 Å². The van der Waals surface area contributed by atoms with E-state index >= 15 is 0 Å². The Morgan fingerprint density at radius 1 is 1.62 bits per heavy atom. The third kappa shape index (κ3) is 3.51. The minimum atomic E-state index is -0.0897. The van der Waals surface area contributed by atoms with Crippen molar-refractivity contribution in [2.45, 2.75) is 13.5 Å². The summed E-state index contributed by atoms with van der Waals surface area (Å²) >= 11 is 0. The molecule has 1 rings (SSSR count). The highest BCUT2D eigenvalue weighted by Gasteiger charge is 1.95. The molecule has 13 heavy (non-hydrogen) atoms. The Kier molecular flexibility index (Phi) is 3.70. The average molecular weight is 176 g/mol. The number of rotatable bonds is 3. The SMILES string of the molecule is C/C=C/C(=O)NCc1ccccn1. The van der Waals surface area contributed by atoms with Gasteiger partial charge in [-0.15, -0.1) is 0 Å². The maximum atomic E-state index is 11.0. The van der Waals surface area contributed by atoms with Crippen LogP contribution in [-0.2, 0) is 11.3 Å². The van der Waals surface area contributed by atoms with Crippen molar-refractivity contribution in [2.24, 2.45) is 0 Å². The summed E-state index contributed by atoms with van der Waals surface area (Å²) in [6.45, 7) is 2.28. The van der Waals surface area contributed by atoms with Crippen LogP contribution in [0.2, 0.25) is 0 Å². The minimum absolute atomic E-state index is 0.0897. The maximum Gasteiger partial charge on any atom is 0.243 e. The highest BCUT2D eigenvalue weighted by atomic mass is 16.1. The Balaban J connectivity index is 2.40. The van der Waals surface area contributed by atoms with Crippen molar-refractivity contribution >= 4 is 5.91 Å². The number of hydrogen-bond acceptors (Lipinski definition) is 2. The molecule has 68 valence electrons. The molecule has 1 amide bonds. The first-order valence-electron chi connectivity index (χ1n) is 4.13. The van der Waals surface area contributed by atoms with Crippen LogP contribution >= 0.6 is 0 Å². The largest absolute Gasteiger partial charge is 0.347 e. The van der Waals surface area contributed by atoms with Crippen molar-refractivity contribution < 1.29 is 4.79 Å². The summed E-state index contributed by atoms with van der Waals surface area (Å²) < 4.78 is 0. The van der Waals surface area contributed by atoms with E-state index in [0.29, 0.717) is 6.54 Å². The summed E-state index contributed by atoms with van der Waals surface area (Å²) in [5.41, 5.74) is 0.861. The van der Waals surface area contributed by atoms with Crippen LogP contribution in [0.25, 0.3) is 0 Å². The van der Waals surface area contributed by atoms with Gasteiger partial charge in [0.15, 0.2) is 0 Å². The standard InChI is InChI=1S/C10H12N2O/c1-2-5-10(13)12-8-9-6-3-4-7-11-9/h2-7H,8H2,1H3,(H,12,13)/b5-2+. The van der Waals surface area contributed by atoms with Crippen LogP contribution in [0.3, 0.4) is 0 Å². The predicted molar refractivity (Wildman–Crippen MR) is 50.9 cm³/mol. The molecule has 0 fully saturated rings.